The van der Waals surface area contributed by atoms with Gasteiger partial charge in [0.2, 0.25) is 0 Å². The van der Waals surface area contributed by atoms with E-state index in [1.54, 1.807) is 0 Å². The largest absolute Gasteiger partial charge is 0.419 e. The zero-order chi connectivity index (χ0) is 16.1. The molecule has 126 valence electrons. The van der Waals surface area contributed by atoms with E-state index in [4.69, 9.17) is 8.85 Å². The van der Waals surface area contributed by atoms with Gasteiger partial charge in [-0.1, -0.05) is 47.5 Å². The first-order valence-corrected chi connectivity index (χ1v) is 13.8. The Morgan fingerprint density at radius 1 is 0.857 bits per heavy atom. The van der Waals surface area contributed by atoms with Crippen LogP contribution in [0.4, 0.5) is 0 Å². The van der Waals surface area contributed by atoms with Crippen molar-refractivity contribution in [2.45, 2.75) is 90.5 Å². The number of rotatable bonds is 1. The summed E-state index contributed by atoms with van der Waals surface area (Å²) in [5.74, 6) is 0. The molecule has 0 aromatic heterocycles. The van der Waals surface area contributed by atoms with E-state index in [1.165, 1.54) is 37.8 Å². The smallest absolute Gasteiger partial charge is 0.186 e. The van der Waals surface area contributed by atoms with Crippen LogP contribution in [0.3, 0.4) is 0 Å². The molecule has 4 heteroatoms. The normalized spacial score (nSPS) is 26.7. The summed E-state index contributed by atoms with van der Waals surface area (Å²) in [6, 6.07) is 2.75. The Labute approximate surface area is 135 Å². The highest BCUT2D eigenvalue weighted by molar-refractivity contribution is 6.71. The lowest BCUT2D eigenvalue weighted by Crippen LogP contribution is -2.42. The van der Waals surface area contributed by atoms with Crippen LogP contribution in [0.5, 0.6) is 0 Å². The van der Waals surface area contributed by atoms with Gasteiger partial charge in [0.05, 0.1) is 0 Å². The molecular formula is C17H38O2Si2. The van der Waals surface area contributed by atoms with Gasteiger partial charge in [-0.25, -0.2) is 0 Å². The van der Waals surface area contributed by atoms with Crippen LogP contribution < -0.4 is 0 Å². The second-order valence-corrected chi connectivity index (χ2v) is 16.5. The monoisotopic (exact) mass is 330 g/mol. The van der Waals surface area contributed by atoms with Gasteiger partial charge in [-0.05, 0) is 48.5 Å². The van der Waals surface area contributed by atoms with Gasteiger partial charge >= 0.3 is 0 Å². The first kappa shape index (κ1) is 19.4. The predicted octanol–water partition coefficient (Wildman–Crippen LogP) is 5.35. The Morgan fingerprint density at radius 3 is 1.81 bits per heavy atom. The molecule has 0 aromatic rings. The molecule has 2 aliphatic heterocycles. The molecule has 2 aliphatic rings. The summed E-state index contributed by atoms with van der Waals surface area (Å²) in [4.78, 5) is 0. The highest BCUT2D eigenvalue weighted by Gasteiger charge is 2.42. The fraction of sp³-hybridized carbons (Fsp3) is 1.00. The molecule has 1 atom stereocenters. The quantitative estimate of drug-likeness (QED) is 0.603. The fourth-order valence-electron chi connectivity index (χ4n) is 2.87. The van der Waals surface area contributed by atoms with Crippen LogP contribution in [0.1, 0.15) is 60.3 Å². The molecule has 0 saturated carbocycles. The second-order valence-electron chi connectivity index (χ2n) is 8.89. The molecule has 0 aliphatic carbocycles. The van der Waals surface area contributed by atoms with Crippen molar-refractivity contribution in [1.29, 1.82) is 0 Å². The van der Waals surface area contributed by atoms with Crippen LogP contribution in [0.15, 0.2) is 0 Å². The summed E-state index contributed by atoms with van der Waals surface area (Å²) < 4.78 is 11.6. The molecule has 2 rings (SSSR count). The average molecular weight is 331 g/mol. The molecule has 0 aromatic carbocycles. The maximum atomic E-state index is 6.01. The maximum Gasteiger partial charge on any atom is 0.186 e. The van der Waals surface area contributed by atoms with Crippen LogP contribution in [-0.4, -0.2) is 30.6 Å². The Morgan fingerprint density at radius 2 is 1.48 bits per heavy atom. The van der Waals surface area contributed by atoms with Crippen molar-refractivity contribution >= 4 is 17.4 Å². The Bertz CT molecular complexity index is 294. The highest BCUT2D eigenvalue weighted by Crippen LogP contribution is 2.49. The first-order chi connectivity index (χ1) is 9.56. The van der Waals surface area contributed by atoms with E-state index in [1.807, 2.05) is 0 Å². The Balaban J connectivity index is 0.000000235. The van der Waals surface area contributed by atoms with Gasteiger partial charge in [0, 0.05) is 13.2 Å². The number of hydrogen-bond acceptors (Lipinski definition) is 2. The van der Waals surface area contributed by atoms with Gasteiger partial charge in [0.25, 0.3) is 0 Å². The van der Waals surface area contributed by atoms with Gasteiger partial charge in [-0.2, -0.15) is 0 Å². The Kier molecular flexibility index (Phi) is 7.16. The number of hydrogen-bond donors (Lipinski definition) is 0. The molecule has 2 nitrogen and oxygen atoms in total. The predicted molar refractivity (Wildman–Crippen MR) is 98.1 cm³/mol. The molecule has 1 unspecified atom stereocenters. The van der Waals surface area contributed by atoms with Crippen molar-refractivity contribution in [3.63, 3.8) is 0 Å². The summed E-state index contributed by atoms with van der Waals surface area (Å²) in [7, 11) is -2.05. The topological polar surface area (TPSA) is 18.5 Å². The minimum absolute atomic E-state index is 0.390. The SMILES string of the molecule is CC(C)(C)C(C)(C)[SiH]1CCCCO1.C[Si]1(C)CCCCO1. The van der Waals surface area contributed by atoms with Crippen molar-refractivity contribution in [2.24, 2.45) is 5.41 Å². The average Bonchev–Trinajstić information content (AvgIpc) is 2.39. The van der Waals surface area contributed by atoms with E-state index in [0.29, 0.717) is 10.5 Å². The second kappa shape index (κ2) is 7.76. The van der Waals surface area contributed by atoms with E-state index < -0.39 is 17.4 Å². The molecule has 0 bridgehead atoms. The van der Waals surface area contributed by atoms with Gasteiger partial charge in [0.15, 0.2) is 17.4 Å². The third-order valence-corrected chi connectivity index (χ3v) is 12.2. The first-order valence-electron chi connectivity index (χ1n) is 8.82. The molecule has 2 fully saturated rings. The van der Waals surface area contributed by atoms with E-state index >= 15 is 0 Å². The summed E-state index contributed by atoms with van der Waals surface area (Å²) in [6.07, 6.45) is 5.37. The summed E-state index contributed by atoms with van der Waals surface area (Å²) in [5.41, 5.74) is 0.390. The van der Waals surface area contributed by atoms with Crippen molar-refractivity contribution in [3.8, 4) is 0 Å². The molecular weight excluding hydrogens is 292 g/mol. The molecule has 2 saturated heterocycles. The van der Waals surface area contributed by atoms with Gasteiger partial charge in [-0.15, -0.1) is 0 Å². The van der Waals surface area contributed by atoms with Crippen molar-refractivity contribution in [1.82, 2.24) is 0 Å². The molecule has 0 amide bonds. The molecule has 0 spiro atoms. The van der Waals surface area contributed by atoms with E-state index in [2.05, 4.69) is 47.7 Å². The van der Waals surface area contributed by atoms with Crippen LogP contribution in [0.25, 0.3) is 0 Å². The molecule has 2 heterocycles. The Hall–Kier alpha value is 0.354. The molecule has 0 radical (unpaired) electrons. The van der Waals surface area contributed by atoms with Crippen LogP contribution in [0, 0.1) is 5.41 Å². The van der Waals surface area contributed by atoms with Crippen LogP contribution in [0.2, 0.25) is 30.2 Å². The zero-order valence-corrected chi connectivity index (χ0v) is 17.7. The third kappa shape index (κ3) is 6.16. The standard InChI is InChI=1S/C11H24OSi.C6H14OSi/c1-10(2,3)11(4,5)13-9-7-6-8-12-13;1-8(2)6-4-3-5-7-8/h13H,6-9H2,1-5H3;3-6H2,1-2H3. The minimum Gasteiger partial charge on any atom is -0.419 e. The van der Waals surface area contributed by atoms with Crippen molar-refractivity contribution in [2.75, 3.05) is 13.2 Å². The summed E-state index contributed by atoms with van der Waals surface area (Å²) >= 11 is 0. The summed E-state index contributed by atoms with van der Waals surface area (Å²) in [5, 5.41) is 0.424. The van der Waals surface area contributed by atoms with Crippen LogP contribution in [-0.2, 0) is 8.85 Å². The highest BCUT2D eigenvalue weighted by atomic mass is 28.4. The van der Waals surface area contributed by atoms with Gasteiger partial charge < -0.3 is 8.85 Å². The molecule has 0 N–H and O–H groups in total. The summed E-state index contributed by atoms with van der Waals surface area (Å²) in [6.45, 7) is 18.5. The minimum atomic E-state index is -1.09. The maximum absolute atomic E-state index is 6.01. The lowest BCUT2D eigenvalue weighted by atomic mass is 9.82. The van der Waals surface area contributed by atoms with E-state index in [9.17, 15) is 0 Å². The van der Waals surface area contributed by atoms with Gasteiger partial charge in [-0.3, -0.25) is 0 Å². The lowest BCUT2D eigenvalue weighted by Gasteiger charge is -2.45. The van der Waals surface area contributed by atoms with Crippen molar-refractivity contribution in [3.05, 3.63) is 0 Å². The zero-order valence-electron chi connectivity index (χ0n) is 15.6. The van der Waals surface area contributed by atoms with E-state index in [-0.39, 0.29) is 0 Å². The van der Waals surface area contributed by atoms with Crippen LogP contribution >= 0.6 is 0 Å². The third-order valence-electron chi connectivity index (χ3n) is 5.58. The molecule has 21 heavy (non-hydrogen) atoms. The fourth-order valence-corrected chi connectivity index (χ4v) is 8.19. The lowest BCUT2D eigenvalue weighted by molar-refractivity contribution is 0.213. The van der Waals surface area contributed by atoms with Gasteiger partial charge in [0.1, 0.15) is 0 Å². The van der Waals surface area contributed by atoms with Crippen molar-refractivity contribution < 1.29 is 8.85 Å². The van der Waals surface area contributed by atoms with E-state index in [0.717, 1.165) is 13.2 Å².